The Balaban J connectivity index is 2.26. The summed E-state index contributed by atoms with van der Waals surface area (Å²) in [5.41, 5.74) is 0.666. The topological polar surface area (TPSA) is 37.0 Å². The first kappa shape index (κ1) is 14.7. The molecule has 0 atom stereocenters. The van der Waals surface area contributed by atoms with Gasteiger partial charge in [0.15, 0.2) is 23.3 Å². The molecule has 2 rings (SSSR count). The van der Waals surface area contributed by atoms with Gasteiger partial charge in [0.2, 0.25) is 0 Å². The SMILES string of the molecule is CCCNc1nc(Nc2cccc(Br)c2)c(F)cc1F. The van der Waals surface area contributed by atoms with Gasteiger partial charge in [0.05, 0.1) is 0 Å². The molecule has 1 heterocycles. The summed E-state index contributed by atoms with van der Waals surface area (Å²) in [5.74, 6) is -1.39. The Kier molecular flexibility index (Phi) is 4.89. The van der Waals surface area contributed by atoms with Crippen LogP contribution in [0.4, 0.5) is 26.1 Å². The second-order valence-corrected chi connectivity index (χ2v) is 5.13. The van der Waals surface area contributed by atoms with Crippen molar-refractivity contribution >= 4 is 33.3 Å². The van der Waals surface area contributed by atoms with Gasteiger partial charge in [-0.25, -0.2) is 13.8 Å². The number of benzene rings is 1. The van der Waals surface area contributed by atoms with E-state index in [1.807, 2.05) is 19.1 Å². The Bertz CT molecular complexity index is 605. The fourth-order valence-corrected chi connectivity index (χ4v) is 2.02. The Morgan fingerprint density at radius 3 is 2.60 bits per heavy atom. The zero-order valence-electron chi connectivity index (χ0n) is 10.9. The van der Waals surface area contributed by atoms with E-state index in [2.05, 4.69) is 31.5 Å². The molecule has 0 aliphatic heterocycles. The van der Waals surface area contributed by atoms with Crippen molar-refractivity contribution in [3.05, 3.63) is 46.4 Å². The molecular weight excluding hydrogens is 328 g/mol. The highest BCUT2D eigenvalue weighted by atomic mass is 79.9. The van der Waals surface area contributed by atoms with E-state index in [0.29, 0.717) is 12.2 Å². The number of hydrogen-bond donors (Lipinski definition) is 2. The third-order valence-electron chi connectivity index (χ3n) is 2.56. The first-order chi connectivity index (χ1) is 9.60. The summed E-state index contributed by atoms with van der Waals surface area (Å²) in [6.07, 6.45) is 0.826. The lowest BCUT2D eigenvalue weighted by Crippen LogP contribution is -2.07. The average molecular weight is 342 g/mol. The number of nitrogens with zero attached hydrogens (tertiary/aromatic N) is 1. The molecule has 106 valence electrons. The Labute approximate surface area is 124 Å². The number of pyridine rings is 1. The fraction of sp³-hybridized carbons (Fsp3) is 0.214. The van der Waals surface area contributed by atoms with Crippen LogP contribution >= 0.6 is 15.9 Å². The van der Waals surface area contributed by atoms with Crippen molar-refractivity contribution in [1.82, 2.24) is 4.98 Å². The molecule has 0 saturated heterocycles. The number of halogens is 3. The van der Waals surface area contributed by atoms with E-state index < -0.39 is 11.6 Å². The van der Waals surface area contributed by atoms with Crippen molar-refractivity contribution in [3.63, 3.8) is 0 Å². The zero-order chi connectivity index (χ0) is 14.5. The van der Waals surface area contributed by atoms with Crippen molar-refractivity contribution in [3.8, 4) is 0 Å². The molecule has 0 fully saturated rings. The van der Waals surface area contributed by atoms with Crippen LogP contribution in [-0.4, -0.2) is 11.5 Å². The molecule has 0 aliphatic carbocycles. The minimum absolute atomic E-state index is 0.0110. The van der Waals surface area contributed by atoms with Crippen molar-refractivity contribution in [2.24, 2.45) is 0 Å². The summed E-state index contributed by atoms with van der Waals surface area (Å²) in [5, 5.41) is 5.66. The minimum Gasteiger partial charge on any atom is -0.368 e. The van der Waals surface area contributed by atoms with Gasteiger partial charge < -0.3 is 10.6 Å². The summed E-state index contributed by atoms with van der Waals surface area (Å²) >= 11 is 3.33. The molecule has 0 unspecified atom stereocenters. The molecule has 6 heteroatoms. The normalized spacial score (nSPS) is 10.4. The van der Waals surface area contributed by atoms with Crippen molar-refractivity contribution in [2.75, 3.05) is 17.2 Å². The summed E-state index contributed by atoms with van der Waals surface area (Å²) < 4.78 is 28.1. The summed E-state index contributed by atoms with van der Waals surface area (Å²) in [6.45, 7) is 2.53. The van der Waals surface area contributed by atoms with Crippen molar-refractivity contribution < 1.29 is 8.78 Å². The van der Waals surface area contributed by atoms with Gasteiger partial charge in [-0.1, -0.05) is 28.9 Å². The first-order valence-electron chi connectivity index (χ1n) is 6.22. The number of rotatable bonds is 5. The van der Waals surface area contributed by atoms with Crippen LogP contribution in [0.5, 0.6) is 0 Å². The number of anilines is 3. The van der Waals surface area contributed by atoms with E-state index in [9.17, 15) is 8.78 Å². The van der Waals surface area contributed by atoms with Crippen LogP contribution in [-0.2, 0) is 0 Å². The lowest BCUT2D eigenvalue weighted by Gasteiger charge is -2.11. The summed E-state index contributed by atoms with van der Waals surface area (Å²) in [7, 11) is 0. The monoisotopic (exact) mass is 341 g/mol. The first-order valence-corrected chi connectivity index (χ1v) is 7.02. The quantitative estimate of drug-likeness (QED) is 0.828. The third-order valence-corrected chi connectivity index (χ3v) is 3.05. The smallest absolute Gasteiger partial charge is 0.169 e. The molecule has 0 bridgehead atoms. The van der Waals surface area contributed by atoms with Crippen LogP contribution in [0.3, 0.4) is 0 Å². The lowest BCUT2D eigenvalue weighted by atomic mass is 10.3. The number of aromatic nitrogens is 1. The van der Waals surface area contributed by atoms with Gasteiger partial charge in [-0.2, -0.15) is 0 Å². The maximum absolute atomic E-state index is 13.7. The van der Waals surface area contributed by atoms with Crippen LogP contribution < -0.4 is 10.6 Å². The Hall–Kier alpha value is -1.69. The molecule has 20 heavy (non-hydrogen) atoms. The van der Waals surface area contributed by atoms with E-state index in [1.165, 1.54) is 0 Å². The standard InChI is InChI=1S/C14H14BrF2N3/c1-2-6-18-13-11(16)8-12(17)14(20-13)19-10-5-3-4-9(15)7-10/h3-5,7-8H,2,6H2,1H3,(H2,18,19,20). The lowest BCUT2D eigenvalue weighted by molar-refractivity contribution is 0.579. The predicted octanol–water partition coefficient (Wildman–Crippen LogP) is 4.69. The van der Waals surface area contributed by atoms with E-state index in [4.69, 9.17) is 0 Å². The van der Waals surface area contributed by atoms with Gasteiger partial charge in [0.25, 0.3) is 0 Å². The van der Waals surface area contributed by atoms with E-state index in [1.54, 1.807) is 12.1 Å². The molecule has 0 spiro atoms. The van der Waals surface area contributed by atoms with Gasteiger partial charge >= 0.3 is 0 Å². The highest BCUT2D eigenvalue weighted by Gasteiger charge is 2.11. The van der Waals surface area contributed by atoms with Crippen LogP contribution in [0.2, 0.25) is 0 Å². The van der Waals surface area contributed by atoms with Crippen LogP contribution in [0.15, 0.2) is 34.8 Å². The largest absolute Gasteiger partial charge is 0.368 e. The molecule has 1 aromatic carbocycles. The molecule has 2 aromatic rings. The number of nitrogens with one attached hydrogen (secondary N) is 2. The summed E-state index contributed by atoms with van der Waals surface area (Å²) in [6, 6.07) is 8.04. The Morgan fingerprint density at radius 2 is 1.90 bits per heavy atom. The van der Waals surface area contributed by atoms with Crippen molar-refractivity contribution in [1.29, 1.82) is 0 Å². The Morgan fingerprint density at radius 1 is 1.15 bits per heavy atom. The highest BCUT2D eigenvalue weighted by molar-refractivity contribution is 9.10. The second kappa shape index (κ2) is 6.65. The third kappa shape index (κ3) is 3.66. The molecule has 0 radical (unpaired) electrons. The molecule has 1 aromatic heterocycles. The van der Waals surface area contributed by atoms with Crippen molar-refractivity contribution in [2.45, 2.75) is 13.3 Å². The molecule has 0 aliphatic rings. The maximum atomic E-state index is 13.7. The highest BCUT2D eigenvalue weighted by Crippen LogP contribution is 2.24. The van der Waals surface area contributed by atoms with Crippen LogP contribution in [0.1, 0.15) is 13.3 Å². The zero-order valence-corrected chi connectivity index (χ0v) is 12.5. The van der Waals surface area contributed by atoms with E-state index in [0.717, 1.165) is 17.0 Å². The average Bonchev–Trinajstić information content (AvgIpc) is 2.40. The van der Waals surface area contributed by atoms with Crippen LogP contribution in [0.25, 0.3) is 0 Å². The fourth-order valence-electron chi connectivity index (χ4n) is 1.62. The molecule has 0 amide bonds. The summed E-state index contributed by atoms with van der Waals surface area (Å²) in [4.78, 5) is 3.95. The molecular formula is C14H14BrF2N3. The molecule has 3 nitrogen and oxygen atoms in total. The molecule has 0 saturated carbocycles. The maximum Gasteiger partial charge on any atom is 0.169 e. The van der Waals surface area contributed by atoms with Gasteiger partial charge in [-0.15, -0.1) is 0 Å². The van der Waals surface area contributed by atoms with Gasteiger partial charge in [-0.3, -0.25) is 0 Å². The van der Waals surface area contributed by atoms with Crippen LogP contribution in [0, 0.1) is 11.6 Å². The van der Waals surface area contributed by atoms with E-state index >= 15 is 0 Å². The van der Waals surface area contributed by atoms with Gasteiger partial charge in [0.1, 0.15) is 0 Å². The second-order valence-electron chi connectivity index (χ2n) is 4.21. The predicted molar refractivity (Wildman–Crippen MR) is 80.4 cm³/mol. The van der Waals surface area contributed by atoms with E-state index in [-0.39, 0.29) is 11.6 Å². The van der Waals surface area contributed by atoms with Gasteiger partial charge in [-0.05, 0) is 24.6 Å². The molecule has 2 N–H and O–H groups in total. The minimum atomic E-state index is -0.732. The number of hydrogen-bond acceptors (Lipinski definition) is 3. The van der Waals surface area contributed by atoms with Gasteiger partial charge in [0, 0.05) is 22.8 Å².